The summed E-state index contributed by atoms with van der Waals surface area (Å²) in [6.07, 6.45) is 3.19. The lowest BCUT2D eigenvalue weighted by atomic mass is 10.1. The van der Waals surface area contributed by atoms with Crippen LogP contribution in [0, 0.1) is 0 Å². The molecule has 108 valence electrons. The molecule has 7 heteroatoms. The van der Waals surface area contributed by atoms with Crippen molar-refractivity contribution in [3.05, 3.63) is 18.1 Å². The average Bonchev–Trinajstić information content (AvgIpc) is 2.36. The van der Waals surface area contributed by atoms with Crippen LogP contribution in [0.25, 0.3) is 0 Å². The molecule has 0 aliphatic rings. The van der Waals surface area contributed by atoms with Crippen molar-refractivity contribution in [3.8, 4) is 5.88 Å². The fraction of sp³-hybridized carbons (Fsp3) is 0.667. The Balaban J connectivity index is 2.89. The Kier molecular flexibility index (Phi) is 5.68. The number of rotatable bonds is 7. The van der Waals surface area contributed by atoms with Crippen LogP contribution in [0.5, 0.6) is 5.88 Å². The van der Waals surface area contributed by atoms with Crippen LogP contribution < -0.4 is 10.1 Å². The van der Waals surface area contributed by atoms with E-state index in [1.165, 1.54) is 19.7 Å². The van der Waals surface area contributed by atoms with Crippen LogP contribution in [-0.4, -0.2) is 49.6 Å². The Bertz CT molecular complexity index is 505. The topological polar surface area (TPSA) is 81.2 Å². The molecule has 0 radical (unpaired) electrons. The maximum Gasteiger partial charge on any atom is 0.216 e. The van der Waals surface area contributed by atoms with E-state index in [0.29, 0.717) is 18.8 Å². The molecule has 0 bridgehead atoms. The van der Waals surface area contributed by atoms with E-state index in [9.17, 15) is 8.42 Å². The molecule has 2 atom stereocenters. The molecule has 0 spiro atoms. The first-order valence-electron chi connectivity index (χ1n) is 6.15. The summed E-state index contributed by atoms with van der Waals surface area (Å²) in [6.45, 7) is 4.36. The van der Waals surface area contributed by atoms with Crippen LogP contribution in [0.1, 0.15) is 19.5 Å². The number of ether oxygens (including phenoxy) is 1. The molecule has 0 fully saturated rings. The van der Waals surface area contributed by atoms with E-state index in [1.54, 1.807) is 13.0 Å². The van der Waals surface area contributed by atoms with E-state index in [0.717, 1.165) is 5.69 Å². The largest absolute Gasteiger partial charge is 0.481 e. The lowest BCUT2D eigenvalue weighted by Gasteiger charge is -2.23. The summed E-state index contributed by atoms with van der Waals surface area (Å²) in [7, 11) is -1.56. The van der Waals surface area contributed by atoms with Crippen molar-refractivity contribution in [1.29, 1.82) is 0 Å². The molecule has 1 heterocycles. The number of nitrogens with one attached hydrogen (secondary N) is 1. The third-order valence-corrected chi connectivity index (χ3v) is 4.72. The van der Waals surface area contributed by atoms with Crippen molar-refractivity contribution in [2.24, 2.45) is 0 Å². The van der Waals surface area contributed by atoms with Gasteiger partial charge in [0.25, 0.3) is 0 Å². The number of sulfone groups is 1. The molecule has 0 aliphatic heterocycles. The van der Waals surface area contributed by atoms with Crippen LogP contribution >= 0.6 is 0 Å². The smallest absolute Gasteiger partial charge is 0.216 e. The second kappa shape index (κ2) is 6.81. The lowest BCUT2D eigenvalue weighted by molar-refractivity contribution is 0.395. The fourth-order valence-electron chi connectivity index (χ4n) is 1.79. The van der Waals surface area contributed by atoms with Gasteiger partial charge in [0.05, 0.1) is 12.4 Å². The highest BCUT2D eigenvalue weighted by Gasteiger charge is 2.25. The minimum atomic E-state index is -3.10. The van der Waals surface area contributed by atoms with Crippen molar-refractivity contribution in [2.45, 2.75) is 31.6 Å². The Hall–Kier alpha value is -1.21. The van der Waals surface area contributed by atoms with Gasteiger partial charge in [0, 0.05) is 30.5 Å². The highest BCUT2D eigenvalue weighted by atomic mass is 32.2. The van der Waals surface area contributed by atoms with Gasteiger partial charge in [-0.1, -0.05) is 6.92 Å². The molecule has 0 aromatic carbocycles. The zero-order valence-corrected chi connectivity index (χ0v) is 12.6. The van der Waals surface area contributed by atoms with E-state index in [1.807, 2.05) is 6.92 Å². The Morgan fingerprint density at radius 2 is 2.11 bits per heavy atom. The molecule has 2 unspecified atom stereocenters. The summed E-state index contributed by atoms with van der Waals surface area (Å²) in [5.41, 5.74) is 0.758. The monoisotopic (exact) mass is 287 g/mol. The third kappa shape index (κ3) is 4.76. The highest BCUT2D eigenvalue weighted by Crippen LogP contribution is 2.12. The number of nitrogens with zero attached hydrogens (tertiary/aromatic N) is 2. The van der Waals surface area contributed by atoms with Crippen molar-refractivity contribution < 1.29 is 13.2 Å². The molecule has 6 nitrogen and oxygen atoms in total. The summed E-state index contributed by atoms with van der Waals surface area (Å²) in [6, 6.07) is 1.54. The Morgan fingerprint density at radius 1 is 1.42 bits per heavy atom. The number of aromatic nitrogens is 2. The van der Waals surface area contributed by atoms with Crippen LogP contribution in [0.2, 0.25) is 0 Å². The fourth-order valence-corrected chi connectivity index (χ4v) is 2.58. The summed E-state index contributed by atoms with van der Waals surface area (Å²) in [4.78, 5) is 8.08. The minimum Gasteiger partial charge on any atom is -0.481 e. The summed E-state index contributed by atoms with van der Waals surface area (Å²) in [5.74, 6) is 0.479. The van der Waals surface area contributed by atoms with Crippen molar-refractivity contribution in [2.75, 3.05) is 19.9 Å². The molecular formula is C12H21N3O3S. The number of hydrogen-bond acceptors (Lipinski definition) is 6. The predicted molar refractivity (Wildman–Crippen MR) is 74.1 cm³/mol. The normalized spacial score (nSPS) is 14.9. The zero-order chi connectivity index (χ0) is 14.5. The molecule has 1 rings (SSSR count). The molecule has 0 saturated carbocycles. The third-order valence-electron chi connectivity index (χ3n) is 3.05. The highest BCUT2D eigenvalue weighted by molar-refractivity contribution is 7.91. The van der Waals surface area contributed by atoms with E-state index in [2.05, 4.69) is 15.3 Å². The predicted octanol–water partition coefficient (Wildman–Crippen LogP) is 0.439. The molecule has 1 N–H and O–H groups in total. The van der Waals surface area contributed by atoms with Gasteiger partial charge in [-0.15, -0.1) is 0 Å². The molecule has 0 amide bonds. The van der Waals surface area contributed by atoms with Crippen molar-refractivity contribution >= 4 is 9.84 Å². The second-order valence-electron chi connectivity index (χ2n) is 4.45. The number of hydrogen-bond donors (Lipinski definition) is 1. The number of methoxy groups -OCH3 is 1. The summed E-state index contributed by atoms with van der Waals surface area (Å²) < 4.78 is 28.4. The first kappa shape index (κ1) is 15.8. The van der Waals surface area contributed by atoms with E-state index in [-0.39, 0.29) is 6.04 Å². The second-order valence-corrected chi connectivity index (χ2v) is 6.86. The molecule has 1 aromatic rings. The quantitative estimate of drug-likeness (QED) is 0.783. The Labute approximate surface area is 114 Å². The summed E-state index contributed by atoms with van der Waals surface area (Å²) >= 11 is 0. The van der Waals surface area contributed by atoms with Gasteiger partial charge in [0.2, 0.25) is 5.88 Å². The first-order valence-corrected chi connectivity index (χ1v) is 8.11. The van der Waals surface area contributed by atoms with Gasteiger partial charge >= 0.3 is 0 Å². The molecule has 19 heavy (non-hydrogen) atoms. The zero-order valence-electron chi connectivity index (χ0n) is 11.8. The number of likely N-dealkylation sites (N-methyl/N-ethyl adjacent to an activating group) is 1. The van der Waals surface area contributed by atoms with Crippen molar-refractivity contribution in [3.63, 3.8) is 0 Å². The Morgan fingerprint density at radius 3 is 2.63 bits per heavy atom. The van der Waals surface area contributed by atoms with Gasteiger partial charge in [-0.25, -0.2) is 18.4 Å². The van der Waals surface area contributed by atoms with Crippen LogP contribution in [0.15, 0.2) is 12.4 Å². The van der Waals surface area contributed by atoms with Gasteiger partial charge < -0.3 is 10.1 Å². The van der Waals surface area contributed by atoms with Gasteiger partial charge in [-0.3, -0.25) is 0 Å². The maximum absolute atomic E-state index is 11.7. The van der Waals surface area contributed by atoms with E-state index in [4.69, 9.17) is 4.74 Å². The SMILES string of the molecule is CCNC(Cc1cc(OC)ncn1)C(C)S(C)(=O)=O. The van der Waals surface area contributed by atoms with Crippen molar-refractivity contribution in [1.82, 2.24) is 15.3 Å². The lowest BCUT2D eigenvalue weighted by Crippen LogP contribution is -2.43. The molecule has 1 aromatic heterocycles. The van der Waals surface area contributed by atoms with Crippen LogP contribution in [0.4, 0.5) is 0 Å². The van der Waals surface area contributed by atoms with Gasteiger partial charge in [0.15, 0.2) is 9.84 Å². The van der Waals surface area contributed by atoms with Gasteiger partial charge in [0.1, 0.15) is 6.33 Å². The average molecular weight is 287 g/mol. The standard InChI is InChI=1S/C12H21N3O3S/c1-5-13-11(9(2)19(4,16)17)6-10-7-12(18-3)15-8-14-10/h7-9,11,13H,5-6H2,1-4H3. The van der Waals surface area contributed by atoms with Gasteiger partial charge in [-0.2, -0.15) is 0 Å². The molecule has 0 aliphatic carbocycles. The van der Waals surface area contributed by atoms with Crippen LogP contribution in [0.3, 0.4) is 0 Å². The first-order chi connectivity index (χ1) is 8.88. The molecular weight excluding hydrogens is 266 g/mol. The van der Waals surface area contributed by atoms with Gasteiger partial charge in [-0.05, 0) is 13.5 Å². The minimum absolute atomic E-state index is 0.181. The van der Waals surface area contributed by atoms with E-state index >= 15 is 0 Å². The van der Waals surface area contributed by atoms with E-state index < -0.39 is 15.1 Å². The van der Waals surface area contributed by atoms with Crippen LogP contribution in [-0.2, 0) is 16.3 Å². The maximum atomic E-state index is 11.7. The summed E-state index contributed by atoms with van der Waals surface area (Å²) in [5, 5.41) is 2.72. The molecule has 0 saturated heterocycles.